The Balaban J connectivity index is 0.00000288. The quantitative estimate of drug-likeness (QED) is 0.354. The topological polar surface area (TPSA) is 49.9 Å². The number of rotatable bonds is 4. The van der Waals surface area contributed by atoms with Gasteiger partial charge < -0.3 is 5.73 Å². The van der Waals surface area contributed by atoms with Crippen molar-refractivity contribution in [3.05, 3.63) is 64.5 Å². The summed E-state index contributed by atoms with van der Waals surface area (Å²) < 4.78 is 13.5. The van der Waals surface area contributed by atoms with Crippen molar-refractivity contribution < 1.29 is 4.39 Å². The first-order chi connectivity index (χ1) is 10.9. The number of aryl methyl sites for hydroxylation is 3. The van der Waals surface area contributed by atoms with Gasteiger partial charge in [-0.2, -0.15) is 0 Å². The number of nitrogens with two attached hydrogens (primary N) is 1. The van der Waals surface area contributed by atoms with Crippen molar-refractivity contribution in [2.45, 2.75) is 20.8 Å². The van der Waals surface area contributed by atoms with Crippen LogP contribution in [-0.4, -0.2) is 10.9 Å². The molecule has 0 bridgehead atoms. The lowest BCUT2D eigenvalue weighted by molar-refractivity contribution is 0.619. The maximum Gasteiger partial charge on any atom is 0.151 e. The van der Waals surface area contributed by atoms with Crippen LogP contribution in [0.3, 0.4) is 0 Å². The Morgan fingerprint density at radius 1 is 1.17 bits per heavy atom. The Morgan fingerprint density at radius 2 is 1.88 bits per heavy atom. The maximum atomic E-state index is 13.5. The highest BCUT2D eigenvalue weighted by atomic mass is 127. The van der Waals surface area contributed by atoms with E-state index >= 15 is 0 Å². The fraction of sp³-hybridized carbons (Fsp3) is 0.211. The molecular weight excluding hydrogens is 434 g/mol. The molecule has 128 valence electrons. The summed E-state index contributed by atoms with van der Waals surface area (Å²) in [6.45, 7) is 5.91. The summed E-state index contributed by atoms with van der Waals surface area (Å²) in [5.74, 6) is 0.470. The maximum absolute atomic E-state index is 13.5. The minimum atomic E-state index is -0.187. The van der Waals surface area contributed by atoms with E-state index in [9.17, 15) is 4.39 Å². The lowest BCUT2D eigenvalue weighted by atomic mass is 9.92. The van der Waals surface area contributed by atoms with Gasteiger partial charge in [0.25, 0.3) is 0 Å². The van der Waals surface area contributed by atoms with Crippen LogP contribution in [0.4, 0.5) is 4.39 Å². The fourth-order valence-electron chi connectivity index (χ4n) is 2.55. The van der Waals surface area contributed by atoms with Gasteiger partial charge in [0.1, 0.15) is 5.82 Å². The third kappa shape index (κ3) is 5.34. The number of nitrogens with one attached hydrogen (secondary N) is 1. The lowest BCUT2D eigenvalue weighted by Crippen LogP contribution is -2.03. The molecule has 0 fully saturated rings. The number of thioether (sulfide) groups is 1. The van der Waals surface area contributed by atoms with Crippen LogP contribution in [0.1, 0.15) is 22.3 Å². The SMILES string of the molecule is Cc1cc(C)c(C=CCSC(=N)N)c(-c2ccc(F)c(C)c2)c1.I. The summed E-state index contributed by atoms with van der Waals surface area (Å²) in [5, 5.41) is 7.35. The summed E-state index contributed by atoms with van der Waals surface area (Å²) in [5.41, 5.74) is 11.6. The van der Waals surface area contributed by atoms with Gasteiger partial charge in [0.2, 0.25) is 0 Å². The average molecular weight is 456 g/mol. The Morgan fingerprint density at radius 3 is 2.50 bits per heavy atom. The minimum Gasteiger partial charge on any atom is -0.379 e. The van der Waals surface area contributed by atoms with Crippen LogP contribution in [0.5, 0.6) is 0 Å². The zero-order valence-electron chi connectivity index (χ0n) is 14.0. The summed E-state index contributed by atoms with van der Waals surface area (Å²) in [6.07, 6.45) is 4.06. The molecule has 0 aliphatic heterocycles. The second-order valence-electron chi connectivity index (χ2n) is 5.58. The number of amidine groups is 1. The third-order valence-electron chi connectivity index (χ3n) is 3.62. The van der Waals surface area contributed by atoms with Crippen molar-refractivity contribution in [3.63, 3.8) is 0 Å². The molecule has 0 spiro atoms. The molecule has 2 aromatic rings. The van der Waals surface area contributed by atoms with Crippen LogP contribution in [0.15, 0.2) is 36.4 Å². The lowest BCUT2D eigenvalue weighted by Gasteiger charge is -2.12. The smallest absolute Gasteiger partial charge is 0.151 e. The van der Waals surface area contributed by atoms with Crippen LogP contribution in [0.25, 0.3) is 17.2 Å². The van der Waals surface area contributed by atoms with E-state index in [1.165, 1.54) is 29.0 Å². The van der Waals surface area contributed by atoms with Gasteiger partial charge in [-0.15, -0.1) is 24.0 Å². The normalized spacial score (nSPS) is 10.7. The van der Waals surface area contributed by atoms with Gasteiger partial charge in [0, 0.05) is 5.75 Å². The molecule has 0 aliphatic rings. The molecule has 0 saturated heterocycles. The van der Waals surface area contributed by atoms with Gasteiger partial charge >= 0.3 is 0 Å². The molecule has 24 heavy (non-hydrogen) atoms. The van der Waals surface area contributed by atoms with Crippen molar-refractivity contribution in [3.8, 4) is 11.1 Å². The van der Waals surface area contributed by atoms with Gasteiger partial charge in [0.15, 0.2) is 5.17 Å². The minimum absolute atomic E-state index is 0. The van der Waals surface area contributed by atoms with Crippen LogP contribution >= 0.6 is 35.7 Å². The van der Waals surface area contributed by atoms with Crippen molar-refractivity contribution in [1.82, 2.24) is 0 Å². The molecular formula is C19H22FIN2S. The summed E-state index contributed by atoms with van der Waals surface area (Å²) in [6, 6.07) is 9.47. The van der Waals surface area contributed by atoms with E-state index in [0.29, 0.717) is 11.3 Å². The summed E-state index contributed by atoms with van der Waals surface area (Å²) in [7, 11) is 0. The number of benzene rings is 2. The zero-order valence-corrected chi connectivity index (χ0v) is 17.2. The van der Waals surface area contributed by atoms with Crippen molar-refractivity contribution in [1.29, 1.82) is 5.41 Å². The summed E-state index contributed by atoms with van der Waals surface area (Å²) in [4.78, 5) is 0. The van der Waals surface area contributed by atoms with Gasteiger partial charge in [-0.25, -0.2) is 4.39 Å². The number of hydrogen-bond acceptors (Lipinski definition) is 2. The zero-order chi connectivity index (χ0) is 17.0. The van der Waals surface area contributed by atoms with Gasteiger partial charge in [-0.1, -0.05) is 47.7 Å². The largest absolute Gasteiger partial charge is 0.379 e. The second-order valence-corrected chi connectivity index (χ2v) is 6.65. The molecule has 0 unspecified atom stereocenters. The predicted molar refractivity (Wildman–Crippen MR) is 115 cm³/mol. The molecule has 0 aromatic heterocycles. The van der Waals surface area contributed by atoms with Gasteiger partial charge in [-0.05, 0) is 60.7 Å². The highest BCUT2D eigenvalue weighted by Gasteiger charge is 2.09. The van der Waals surface area contributed by atoms with E-state index in [1.807, 2.05) is 18.2 Å². The Bertz CT molecular complexity index is 772. The third-order valence-corrected chi connectivity index (χ3v) is 4.29. The predicted octanol–water partition coefficient (Wildman–Crippen LogP) is 5.68. The Kier molecular flexibility index (Phi) is 7.96. The molecule has 5 heteroatoms. The molecule has 0 atom stereocenters. The fourth-order valence-corrected chi connectivity index (χ4v) is 2.93. The van der Waals surface area contributed by atoms with Gasteiger partial charge in [0.05, 0.1) is 0 Å². The van der Waals surface area contributed by atoms with E-state index in [1.54, 1.807) is 6.92 Å². The molecule has 0 heterocycles. The van der Waals surface area contributed by atoms with Crippen molar-refractivity contribution in [2.75, 3.05) is 5.75 Å². The molecule has 3 N–H and O–H groups in total. The average Bonchev–Trinajstić information content (AvgIpc) is 2.47. The molecule has 0 saturated carbocycles. The van der Waals surface area contributed by atoms with E-state index in [2.05, 4.69) is 32.1 Å². The van der Waals surface area contributed by atoms with Crippen molar-refractivity contribution >= 4 is 47.0 Å². The molecule has 2 aromatic carbocycles. The Labute approximate surface area is 164 Å². The molecule has 0 radical (unpaired) electrons. The van der Waals surface area contributed by atoms with Crippen LogP contribution in [0.2, 0.25) is 0 Å². The van der Waals surface area contributed by atoms with E-state index in [0.717, 1.165) is 16.7 Å². The van der Waals surface area contributed by atoms with E-state index in [4.69, 9.17) is 11.1 Å². The first-order valence-electron chi connectivity index (χ1n) is 7.39. The molecule has 2 rings (SSSR count). The van der Waals surface area contributed by atoms with Crippen LogP contribution in [-0.2, 0) is 0 Å². The molecule has 0 amide bonds. The van der Waals surface area contributed by atoms with Crippen LogP contribution < -0.4 is 5.73 Å². The van der Waals surface area contributed by atoms with Gasteiger partial charge in [-0.3, -0.25) is 5.41 Å². The number of halogens is 2. The molecule has 0 aliphatic carbocycles. The summed E-state index contributed by atoms with van der Waals surface area (Å²) >= 11 is 1.29. The monoisotopic (exact) mass is 456 g/mol. The Hall–Kier alpha value is -1.34. The standard InChI is InChI=1S/C19H21FN2S.HI/c1-12-9-13(2)16(5-4-8-23-19(21)22)17(10-12)15-6-7-18(20)14(3)11-15;/h4-7,9-11H,8H2,1-3H3,(H3,21,22);1H. The van der Waals surface area contributed by atoms with E-state index < -0.39 is 0 Å². The highest BCUT2D eigenvalue weighted by molar-refractivity contribution is 14.0. The highest BCUT2D eigenvalue weighted by Crippen LogP contribution is 2.30. The van der Waals surface area contributed by atoms with Crippen LogP contribution in [0, 0.1) is 32.0 Å². The van der Waals surface area contributed by atoms with Crippen molar-refractivity contribution in [2.24, 2.45) is 5.73 Å². The first kappa shape index (κ1) is 20.7. The van der Waals surface area contributed by atoms with E-state index in [-0.39, 0.29) is 35.0 Å². The second kappa shape index (κ2) is 9.22. The first-order valence-corrected chi connectivity index (χ1v) is 8.38. The number of hydrogen-bond donors (Lipinski definition) is 2. The molecule has 2 nitrogen and oxygen atoms in total.